The molecule has 0 aliphatic rings. The Kier molecular flexibility index (Phi) is 5.42. The smallest absolute Gasteiger partial charge is 0.0900 e. The summed E-state index contributed by atoms with van der Waals surface area (Å²) in [6.45, 7) is 12.0. The molecule has 0 saturated carbocycles. The SMILES string of the molecule is CCNC(CC(C)CC)c1sc(C)nc1C. The number of hydrogen-bond acceptors (Lipinski definition) is 3. The Labute approximate surface area is 103 Å². The first-order valence-corrected chi connectivity index (χ1v) is 7.07. The van der Waals surface area contributed by atoms with E-state index >= 15 is 0 Å². The van der Waals surface area contributed by atoms with E-state index in [1.165, 1.54) is 28.4 Å². The van der Waals surface area contributed by atoms with E-state index in [4.69, 9.17) is 0 Å². The summed E-state index contributed by atoms with van der Waals surface area (Å²) in [5, 5.41) is 4.77. The minimum atomic E-state index is 0.492. The van der Waals surface area contributed by atoms with Crippen molar-refractivity contribution in [3.05, 3.63) is 15.6 Å². The lowest BCUT2D eigenvalue weighted by atomic mass is 9.98. The van der Waals surface area contributed by atoms with Crippen LogP contribution in [-0.4, -0.2) is 11.5 Å². The van der Waals surface area contributed by atoms with Gasteiger partial charge in [-0.3, -0.25) is 0 Å². The Hall–Kier alpha value is -0.410. The molecule has 0 spiro atoms. The van der Waals surface area contributed by atoms with Gasteiger partial charge in [-0.25, -0.2) is 4.98 Å². The van der Waals surface area contributed by atoms with Gasteiger partial charge in [-0.2, -0.15) is 0 Å². The fraction of sp³-hybridized carbons (Fsp3) is 0.769. The summed E-state index contributed by atoms with van der Waals surface area (Å²) < 4.78 is 0. The molecule has 0 saturated heterocycles. The van der Waals surface area contributed by atoms with Crippen LogP contribution < -0.4 is 5.32 Å². The molecule has 2 nitrogen and oxygen atoms in total. The largest absolute Gasteiger partial charge is 0.309 e. The van der Waals surface area contributed by atoms with Gasteiger partial charge in [0.1, 0.15) is 0 Å². The second-order valence-corrected chi connectivity index (χ2v) is 5.78. The van der Waals surface area contributed by atoms with Crippen LogP contribution in [0.4, 0.5) is 0 Å². The normalized spacial score (nSPS) is 15.1. The Morgan fingerprint density at radius 2 is 2.00 bits per heavy atom. The topological polar surface area (TPSA) is 24.9 Å². The van der Waals surface area contributed by atoms with Gasteiger partial charge in [0.25, 0.3) is 0 Å². The molecule has 3 heteroatoms. The molecule has 1 heterocycles. The van der Waals surface area contributed by atoms with Crippen molar-refractivity contribution in [3.63, 3.8) is 0 Å². The van der Waals surface area contributed by atoms with Gasteiger partial charge in [-0.15, -0.1) is 11.3 Å². The molecular weight excluding hydrogens is 216 g/mol. The summed E-state index contributed by atoms with van der Waals surface area (Å²) in [6, 6.07) is 0.492. The van der Waals surface area contributed by atoms with Gasteiger partial charge in [0.15, 0.2) is 0 Å². The van der Waals surface area contributed by atoms with Crippen LogP contribution in [0, 0.1) is 19.8 Å². The highest BCUT2D eigenvalue weighted by Crippen LogP contribution is 2.30. The number of aryl methyl sites for hydroxylation is 2. The average Bonchev–Trinajstić information content (AvgIpc) is 2.57. The minimum absolute atomic E-state index is 0.492. The zero-order chi connectivity index (χ0) is 12.1. The molecule has 0 radical (unpaired) electrons. The van der Waals surface area contributed by atoms with Crippen LogP contribution >= 0.6 is 11.3 Å². The van der Waals surface area contributed by atoms with Crippen molar-refractivity contribution < 1.29 is 0 Å². The van der Waals surface area contributed by atoms with E-state index in [2.05, 4.69) is 44.9 Å². The quantitative estimate of drug-likeness (QED) is 0.817. The molecule has 1 aromatic heterocycles. The van der Waals surface area contributed by atoms with Crippen molar-refractivity contribution in [1.82, 2.24) is 10.3 Å². The lowest BCUT2D eigenvalue weighted by Crippen LogP contribution is -2.22. The lowest BCUT2D eigenvalue weighted by molar-refractivity contribution is 0.411. The molecule has 0 aromatic carbocycles. The molecule has 0 aliphatic heterocycles. The summed E-state index contributed by atoms with van der Waals surface area (Å²) in [5.74, 6) is 0.769. The second-order valence-electron chi connectivity index (χ2n) is 4.54. The van der Waals surface area contributed by atoms with E-state index in [0.717, 1.165) is 12.5 Å². The van der Waals surface area contributed by atoms with Crippen LogP contribution in [0.2, 0.25) is 0 Å². The first kappa shape index (κ1) is 13.7. The first-order chi connectivity index (χ1) is 7.58. The molecule has 92 valence electrons. The monoisotopic (exact) mass is 240 g/mol. The molecule has 0 fully saturated rings. The van der Waals surface area contributed by atoms with Crippen molar-refractivity contribution in [2.24, 2.45) is 5.92 Å². The molecule has 0 aliphatic carbocycles. The standard InChI is InChI=1S/C13H24N2S/c1-6-9(3)8-12(14-7-2)13-10(4)15-11(5)16-13/h9,12,14H,6-8H2,1-5H3. The third kappa shape index (κ3) is 3.56. The van der Waals surface area contributed by atoms with E-state index < -0.39 is 0 Å². The van der Waals surface area contributed by atoms with Crippen LogP contribution in [0.15, 0.2) is 0 Å². The fourth-order valence-corrected chi connectivity index (χ4v) is 2.98. The molecular formula is C13H24N2S. The molecule has 1 N–H and O–H groups in total. The van der Waals surface area contributed by atoms with Crippen LogP contribution in [0.3, 0.4) is 0 Å². The van der Waals surface area contributed by atoms with E-state index in [1.54, 1.807) is 0 Å². The number of thiazole rings is 1. The Morgan fingerprint density at radius 1 is 1.31 bits per heavy atom. The summed E-state index contributed by atoms with van der Waals surface area (Å²) >= 11 is 1.84. The number of nitrogens with one attached hydrogen (secondary N) is 1. The van der Waals surface area contributed by atoms with Crippen LogP contribution in [0.1, 0.15) is 55.2 Å². The van der Waals surface area contributed by atoms with Crippen LogP contribution in [-0.2, 0) is 0 Å². The van der Waals surface area contributed by atoms with Crippen molar-refractivity contribution in [2.45, 2.75) is 53.5 Å². The fourth-order valence-electron chi connectivity index (χ4n) is 1.97. The van der Waals surface area contributed by atoms with E-state index in [9.17, 15) is 0 Å². The van der Waals surface area contributed by atoms with Crippen molar-refractivity contribution in [3.8, 4) is 0 Å². The molecule has 1 rings (SSSR count). The zero-order valence-electron chi connectivity index (χ0n) is 11.1. The predicted molar refractivity (Wildman–Crippen MR) is 72.1 cm³/mol. The van der Waals surface area contributed by atoms with Crippen LogP contribution in [0.25, 0.3) is 0 Å². The van der Waals surface area contributed by atoms with Crippen molar-refractivity contribution in [2.75, 3.05) is 6.54 Å². The summed E-state index contributed by atoms with van der Waals surface area (Å²) in [4.78, 5) is 5.96. The molecule has 0 amide bonds. The Bertz CT molecular complexity index is 320. The van der Waals surface area contributed by atoms with Gasteiger partial charge in [0, 0.05) is 10.9 Å². The molecule has 2 unspecified atom stereocenters. The van der Waals surface area contributed by atoms with Gasteiger partial charge in [0.2, 0.25) is 0 Å². The molecule has 0 bridgehead atoms. The van der Waals surface area contributed by atoms with Gasteiger partial charge in [-0.05, 0) is 32.7 Å². The van der Waals surface area contributed by atoms with Gasteiger partial charge >= 0.3 is 0 Å². The van der Waals surface area contributed by atoms with Crippen molar-refractivity contribution in [1.29, 1.82) is 0 Å². The van der Waals surface area contributed by atoms with Crippen molar-refractivity contribution >= 4 is 11.3 Å². The summed E-state index contributed by atoms with van der Waals surface area (Å²) in [7, 11) is 0. The molecule has 1 aromatic rings. The first-order valence-electron chi connectivity index (χ1n) is 6.25. The number of rotatable bonds is 6. The maximum atomic E-state index is 4.53. The zero-order valence-corrected chi connectivity index (χ0v) is 11.9. The maximum Gasteiger partial charge on any atom is 0.0900 e. The highest BCUT2D eigenvalue weighted by Gasteiger charge is 2.18. The summed E-state index contributed by atoms with van der Waals surface area (Å²) in [5.41, 5.74) is 1.21. The van der Waals surface area contributed by atoms with Crippen LogP contribution in [0.5, 0.6) is 0 Å². The lowest BCUT2D eigenvalue weighted by Gasteiger charge is -2.20. The van der Waals surface area contributed by atoms with E-state index in [-0.39, 0.29) is 0 Å². The minimum Gasteiger partial charge on any atom is -0.309 e. The number of aromatic nitrogens is 1. The number of hydrogen-bond donors (Lipinski definition) is 1. The third-order valence-corrected chi connectivity index (χ3v) is 4.23. The third-order valence-electron chi connectivity index (χ3n) is 3.04. The highest BCUT2D eigenvalue weighted by molar-refractivity contribution is 7.11. The van der Waals surface area contributed by atoms with Gasteiger partial charge in [-0.1, -0.05) is 27.2 Å². The Morgan fingerprint density at radius 3 is 2.44 bits per heavy atom. The summed E-state index contributed by atoms with van der Waals surface area (Å²) in [6.07, 6.45) is 2.46. The maximum absolute atomic E-state index is 4.53. The van der Waals surface area contributed by atoms with E-state index in [1.807, 2.05) is 11.3 Å². The average molecular weight is 240 g/mol. The predicted octanol–water partition coefficient (Wildman–Crippen LogP) is 3.85. The second kappa shape index (κ2) is 6.36. The van der Waals surface area contributed by atoms with Gasteiger partial charge in [0.05, 0.1) is 10.7 Å². The van der Waals surface area contributed by atoms with Gasteiger partial charge < -0.3 is 5.32 Å². The highest BCUT2D eigenvalue weighted by atomic mass is 32.1. The molecule has 16 heavy (non-hydrogen) atoms. The Balaban J connectivity index is 2.80. The number of nitrogens with zero attached hydrogens (tertiary/aromatic N) is 1. The molecule has 2 atom stereocenters. The van der Waals surface area contributed by atoms with E-state index in [0.29, 0.717) is 6.04 Å².